The monoisotopic (exact) mass is 224 g/mol. The topological polar surface area (TPSA) is 48.9 Å². The van der Waals surface area contributed by atoms with Crippen LogP contribution in [-0.2, 0) is 0 Å². The van der Waals surface area contributed by atoms with Crippen LogP contribution in [0.2, 0.25) is 0 Å². The molecule has 0 unspecified atom stereocenters. The lowest BCUT2D eigenvalue weighted by molar-refractivity contribution is 0.478. The summed E-state index contributed by atoms with van der Waals surface area (Å²) in [4.78, 5) is 0. The molecule has 0 atom stereocenters. The highest BCUT2D eigenvalue weighted by atomic mass is 16.3. The number of rotatable bonds is 1. The van der Waals surface area contributed by atoms with Crippen molar-refractivity contribution in [2.45, 2.75) is 6.92 Å². The molecule has 3 aromatic rings. The largest absolute Gasteiger partial charge is 0.507 e. The molecule has 0 fully saturated rings. The molecular formula is C14H12N2O. The van der Waals surface area contributed by atoms with E-state index in [0.29, 0.717) is 0 Å². The molecule has 0 aliphatic carbocycles. The second-order valence-electron chi connectivity index (χ2n) is 4.15. The SMILES string of the molecule is Cc1cc(-c2cc3ccccc3cc2O)n[nH]1. The molecule has 0 saturated heterocycles. The van der Waals surface area contributed by atoms with Gasteiger partial charge in [0, 0.05) is 11.3 Å². The molecule has 2 aromatic carbocycles. The molecule has 3 rings (SSSR count). The average molecular weight is 224 g/mol. The zero-order valence-electron chi connectivity index (χ0n) is 9.44. The van der Waals surface area contributed by atoms with Crippen LogP contribution in [0.15, 0.2) is 42.5 Å². The first-order valence-corrected chi connectivity index (χ1v) is 5.48. The first kappa shape index (κ1) is 9.90. The summed E-state index contributed by atoms with van der Waals surface area (Å²) in [7, 11) is 0. The van der Waals surface area contributed by atoms with Gasteiger partial charge in [-0.1, -0.05) is 24.3 Å². The molecule has 84 valence electrons. The summed E-state index contributed by atoms with van der Waals surface area (Å²) < 4.78 is 0. The molecule has 0 spiro atoms. The van der Waals surface area contributed by atoms with E-state index >= 15 is 0 Å². The van der Waals surface area contributed by atoms with Crippen LogP contribution >= 0.6 is 0 Å². The van der Waals surface area contributed by atoms with Crippen LogP contribution in [0.1, 0.15) is 5.69 Å². The summed E-state index contributed by atoms with van der Waals surface area (Å²) in [5, 5.41) is 19.2. The number of aryl methyl sites for hydroxylation is 1. The van der Waals surface area contributed by atoms with Gasteiger partial charge in [0.15, 0.2) is 0 Å². The van der Waals surface area contributed by atoms with Crippen molar-refractivity contribution in [3.63, 3.8) is 0 Å². The van der Waals surface area contributed by atoms with Gasteiger partial charge in [0.25, 0.3) is 0 Å². The van der Waals surface area contributed by atoms with Crippen LogP contribution in [0.4, 0.5) is 0 Å². The number of hydrogen-bond donors (Lipinski definition) is 2. The molecule has 0 bridgehead atoms. The van der Waals surface area contributed by atoms with Crippen molar-refractivity contribution in [3.8, 4) is 17.0 Å². The standard InChI is InChI=1S/C14H12N2O/c1-9-6-13(16-15-9)12-7-10-4-2-3-5-11(10)8-14(12)17/h2-8,17H,1H3,(H,15,16). The molecule has 2 N–H and O–H groups in total. The number of nitrogens with zero attached hydrogens (tertiary/aromatic N) is 1. The van der Waals surface area contributed by atoms with Crippen molar-refractivity contribution in [2.75, 3.05) is 0 Å². The quantitative estimate of drug-likeness (QED) is 0.666. The van der Waals surface area contributed by atoms with Crippen LogP contribution < -0.4 is 0 Å². The second kappa shape index (κ2) is 3.63. The Morgan fingerprint density at radius 3 is 2.41 bits per heavy atom. The van der Waals surface area contributed by atoms with Crippen LogP contribution in [0.25, 0.3) is 22.0 Å². The Bertz CT molecular complexity index is 686. The van der Waals surface area contributed by atoms with Crippen molar-refractivity contribution in [3.05, 3.63) is 48.2 Å². The van der Waals surface area contributed by atoms with Gasteiger partial charge < -0.3 is 5.11 Å². The number of aromatic hydroxyl groups is 1. The summed E-state index contributed by atoms with van der Waals surface area (Å²) in [6, 6.07) is 13.6. The molecule has 0 amide bonds. The molecule has 0 saturated carbocycles. The Morgan fingerprint density at radius 1 is 1.06 bits per heavy atom. The number of nitrogens with one attached hydrogen (secondary N) is 1. The molecule has 3 heteroatoms. The highest BCUT2D eigenvalue weighted by Crippen LogP contribution is 2.32. The lowest BCUT2D eigenvalue weighted by Gasteiger charge is -2.04. The van der Waals surface area contributed by atoms with Crippen LogP contribution in [0.5, 0.6) is 5.75 Å². The fourth-order valence-electron chi connectivity index (χ4n) is 1.99. The number of aromatic amines is 1. The van der Waals surface area contributed by atoms with Gasteiger partial charge in [0.1, 0.15) is 5.75 Å². The minimum atomic E-state index is 0.259. The number of fused-ring (bicyclic) bond motifs is 1. The average Bonchev–Trinajstić information content (AvgIpc) is 2.75. The van der Waals surface area contributed by atoms with Crippen LogP contribution in [-0.4, -0.2) is 15.3 Å². The van der Waals surface area contributed by atoms with E-state index in [-0.39, 0.29) is 5.75 Å². The predicted molar refractivity (Wildman–Crippen MR) is 67.9 cm³/mol. The number of aromatic nitrogens is 2. The maximum atomic E-state index is 10.0. The molecule has 0 aliphatic rings. The molecule has 1 aromatic heterocycles. The van der Waals surface area contributed by atoms with E-state index < -0.39 is 0 Å². The summed E-state index contributed by atoms with van der Waals surface area (Å²) in [5.41, 5.74) is 2.51. The predicted octanol–water partition coefficient (Wildman–Crippen LogP) is 3.24. The first-order valence-electron chi connectivity index (χ1n) is 5.48. The van der Waals surface area contributed by atoms with Gasteiger partial charge in [0.2, 0.25) is 0 Å². The molecule has 3 nitrogen and oxygen atoms in total. The lowest BCUT2D eigenvalue weighted by Crippen LogP contribution is -1.81. The molecule has 1 heterocycles. The van der Waals surface area contributed by atoms with Crippen molar-refractivity contribution < 1.29 is 5.11 Å². The third kappa shape index (κ3) is 1.65. The zero-order chi connectivity index (χ0) is 11.8. The van der Waals surface area contributed by atoms with Crippen molar-refractivity contribution in [1.82, 2.24) is 10.2 Å². The van der Waals surface area contributed by atoms with Crippen molar-refractivity contribution >= 4 is 10.8 Å². The van der Waals surface area contributed by atoms with Gasteiger partial charge in [-0.15, -0.1) is 0 Å². The van der Waals surface area contributed by atoms with E-state index in [2.05, 4.69) is 10.2 Å². The van der Waals surface area contributed by atoms with Gasteiger partial charge in [-0.3, -0.25) is 5.10 Å². The number of H-pyrrole nitrogens is 1. The fraction of sp³-hybridized carbons (Fsp3) is 0.0714. The lowest BCUT2D eigenvalue weighted by atomic mass is 10.0. The van der Waals surface area contributed by atoms with E-state index in [0.717, 1.165) is 27.7 Å². The molecular weight excluding hydrogens is 212 g/mol. The third-order valence-corrected chi connectivity index (χ3v) is 2.85. The maximum Gasteiger partial charge on any atom is 0.125 e. The molecule has 0 aliphatic heterocycles. The second-order valence-corrected chi connectivity index (χ2v) is 4.15. The highest BCUT2D eigenvalue weighted by molar-refractivity contribution is 5.89. The number of hydrogen-bond acceptors (Lipinski definition) is 2. The Hall–Kier alpha value is -2.29. The maximum absolute atomic E-state index is 10.0. The fourth-order valence-corrected chi connectivity index (χ4v) is 1.99. The Balaban J connectivity index is 2.26. The molecule has 0 radical (unpaired) electrons. The van der Waals surface area contributed by atoms with Crippen molar-refractivity contribution in [1.29, 1.82) is 0 Å². The number of benzene rings is 2. The molecule has 17 heavy (non-hydrogen) atoms. The van der Waals surface area contributed by atoms with Gasteiger partial charge in [-0.2, -0.15) is 5.10 Å². The van der Waals surface area contributed by atoms with Gasteiger partial charge in [-0.05, 0) is 35.9 Å². The first-order chi connectivity index (χ1) is 8.24. The van der Waals surface area contributed by atoms with E-state index in [1.165, 1.54) is 0 Å². The van der Waals surface area contributed by atoms with Crippen molar-refractivity contribution in [2.24, 2.45) is 0 Å². The van der Waals surface area contributed by atoms with Crippen LogP contribution in [0, 0.1) is 6.92 Å². The van der Waals surface area contributed by atoms with E-state index in [4.69, 9.17) is 0 Å². The van der Waals surface area contributed by atoms with Gasteiger partial charge in [0.05, 0.1) is 5.69 Å². The van der Waals surface area contributed by atoms with Crippen LogP contribution in [0.3, 0.4) is 0 Å². The van der Waals surface area contributed by atoms with E-state index in [1.54, 1.807) is 6.07 Å². The normalized spacial score (nSPS) is 10.9. The summed E-state index contributed by atoms with van der Waals surface area (Å²) >= 11 is 0. The third-order valence-electron chi connectivity index (χ3n) is 2.85. The Morgan fingerprint density at radius 2 is 1.76 bits per heavy atom. The van der Waals surface area contributed by atoms with E-state index in [1.807, 2.05) is 43.3 Å². The summed E-state index contributed by atoms with van der Waals surface area (Å²) in [5.74, 6) is 0.259. The van der Waals surface area contributed by atoms with E-state index in [9.17, 15) is 5.11 Å². The number of phenols is 1. The summed E-state index contributed by atoms with van der Waals surface area (Å²) in [6.45, 7) is 1.94. The smallest absolute Gasteiger partial charge is 0.125 e. The number of phenolic OH excluding ortho intramolecular Hbond substituents is 1. The minimum absolute atomic E-state index is 0.259. The van der Waals surface area contributed by atoms with Gasteiger partial charge in [-0.25, -0.2) is 0 Å². The Kier molecular flexibility index (Phi) is 2.11. The minimum Gasteiger partial charge on any atom is -0.507 e. The summed E-state index contributed by atoms with van der Waals surface area (Å²) in [6.07, 6.45) is 0. The zero-order valence-corrected chi connectivity index (χ0v) is 9.44. The highest BCUT2D eigenvalue weighted by Gasteiger charge is 2.08. The van der Waals surface area contributed by atoms with Gasteiger partial charge >= 0.3 is 0 Å². The Labute approximate surface area is 98.7 Å².